The quantitative estimate of drug-likeness (QED) is 0.380. The van der Waals surface area contributed by atoms with Gasteiger partial charge in [-0.05, 0) is 18.6 Å². The Bertz CT molecular complexity index is 1730. The zero-order valence-electron chi connectivity index (χ0n) is 21.4. The molecule has 1 amide bonds. The number of carbonyl (C=O) groups excluding carboxylic acids is 1. The summed E-state index contributed by atoms with van der Waals surface area (Å²) in [6.07, 6.45) is 1.16. The summed E-state index contributed by atoms with van der Waals surface area (Å²) in [5.41, 5.74) is 0.382. The Morgan fingerprint density at radius 2 is 1.77 bits per heavy atom. The van der Waals surface area contributed by atoms with Crippen LogP contribution in [-0.2, 0) is 6.61 Å². The molecule has 2 aromatic heterocycles. The van der Waals surface area contributed by atoms with Crippen LogP contribution in [0.3, 0.4) is 0 Å². The summed E-state index contributed by atoms with van der Waals surface area (Å²) in [6, 6.07) is 11.7. The first-order chi connectivity index (χ1) is 19.2. The van der Waals surface area contributed by atoms with Gasteiger partial charge in [-0.3, -0.25) is 19.3 Å². The maximum Gasteiger partial charge on any atom is 0.519 e. The average Bonchev–Trinajstić information content (AvgIpc) is 3.26. The molecule has 4 aromatic rings. The number of rotatable bonds is 4. The lowest BCUT2D eigenvalue weighted by Crippen LogP contribution is -2.62. The van der Waals surface area contributed by atoms with Crippen LogP contribution in [0.25, 0.3) is 0 Å². The molecule has 0 saturated carbocycles. The van der Waals surface area contributed by atoms with Crippen molar-refractivity contribution in [2.24, 2.45) is 0 Å². The van der Waals surface area contributed by atoms with Crippen LogP contribution in [0.4, 0.5) is 8.78 Å². The molecular formula is C28H23F2N3O7. The molecule has 0 N–H and O–H groups in total. The van der Waals surface area contributed by atoms with Gasteiger partial charge in [-0.2, -0.15) is 0 Å². The molecule has 4 heterocycles. The van der Waals surface area contributed by atoms with Gasteiger partial charge in [0.15, 0.2) is 34.6 Å². The predicted octanol–water partition coefficient (Wildman–Crippen LogP) is 3.48. The molecule has 0 spiro atoms. The maximum atomic E-state index is 14.7. The van der Waals surface area contributed by atoms with Gasteiger partial charge in [0.05, 0.1) is 6.61 Å². The second-order valence-corrected chi connectivity index (χ2v) is 9.46. The summed E-state index contributed by atoms with van der Waals surface area (Å²) in [5, 5.41) is 1.82. The first kappa shape index (κ1) is 25.4. The summed E-state index contributed by atoms with van der Waals surface area (Å²) in [6.45, 7) is 1.27. The van der Waals surface area contributed by atoms with Crippen molar-refractivity contribution in [3.05, 3.63) is 116 Å². The van der Waals surface area contributed by atoms with Crippen LogP contribution in [0, 0.1) is 18.6 Å². The molecule has 10 nitrogen and oxygen atoms in total. The number of aromatic nitrogens is 1. The highest BCUT2D eigenvalue weighted by molar-refractivity contribution is 5.96. The molecule has 2 atom stereocenters. The molecule has 0 saturated heterocycles. The minimum Gasteiger partial charge on any atom is -0.493 e. The number of amides is 1. The van der Waals surface area contributed by atoms with Gasteiger partial charge in [0.2, 0.25) is 5.43 Å². The highest BCUT2D eigenvalue weighted by Crippen LogP contribution is 2.41. The topological polar surface area (TPSA) is 107 Å². The lowest BCUT2D eigenvalue weighted by Gasteiger charge is -2.50. The number of ether oxygens (including phenoxy) is 2. The van der Waals surface area contributed by atoms with Crippen molar-refractivity contribution in [3.63, 3.8) is 0 Å². The number of benzene rings is 2. The third kappa shape index (κ3) is 4.12. The minimum atomic E-state index is -1.05. The fourth-order valence-electron chi connectivity index (χ4n) is 5.19. The van der Waals surface area contributed by atoms with Gasteiger partial charge >= 0.3 is 5.82 Å². The van der Waals surface area contributed by atoms with Crippen molar-refractivity contribution in [3.8, 4) is 11.5 Å². The summed E-state index contributed by atoms with van der Waals surface area (Å²) in [5.74, 6) is -3.38. The monoisotopic (exact) mass is 551 g/mol. The smallest absolute Gasteiger partial charge is 0.493 e. The van der Waals surface area contributed by atoms with E-state index in [4.69, 9.17) is 18.3 Å². The summed E-state index contributed by atoms with van der Waals surface area (Å²) in [4.78, 5) is 39.7. The third-order valence-electron chi connectivity index (χ3n) is 7.10. The van der Waals surface area contributed by atoms with E-state index in [2.05, 4.69) is 0 Å². The van der Waals surface area contributed by atoms with Gasteiger partial charge in [0, 0.05) is 37.4 Å². The van der Waals surface area contributed by atoms with Crippen LogP contribution in [0.2, 0.25) is 0 Å². The molecule has 0 aliphatic carbocycles. The van der Waals surface area contributed by atoms with Gasteiger partial charge in [0.25, 0.3) is 5.91 Å². The van der Waals surface area contributed by atoms with Gasteiger partial charge in [-0.15, -0.1) is 0 Å². The van der Waals surface area contributed by atoms with Crippen molar-refractivity contribution in [2.75, 3.05) is 18.7 Å². The van der Waals surface area contributed by atoms with E-state index in [-0.39, 0.29) is 41.9 Å². The zero-order valence-corrected chi connectivity index (χ0v) is 21.4. The lowest BCUT2D eigenvalue weighted by atomic mass is 9.95. The third-order valence-corrected chi connectivity index (χ3v) is 7.10. The molecule has 206 valence electrons. The Kier molecular flexibility index (Phi) is 6.16. The first-order valence-corrected chi connectivity index (χ1v) is 12.4. The van der Waals surface area contributed by atoms with E-state index in [0.717, 1.165) is 12.1 Å². The average molecular weight is 552 g/mol. The van der Waals surface area contributed by atoms with E-state index in [1.807, 2.05) is 35.3 Å². The van der Waals surface area contributed by atoms with E-state index in [9.17, 15) is 23.2 Å². The number of nitrogens with zero attached hydrogens (tertiary/aromatic N) is 3. The Balaban J connectivity index is 1.56. The van der Waals surface area contributed by atoms with Crippen molar-refractivity contribution >= 4 is 5.91 Å². The Labute approximate surface area is 225 Å². The van der Waals surface area contributed by atoms with Crippen molar-refractivity contribution < 1.29 is 31.9 Å². The number of halogens is 2. The van der Waals surface area contributed by atoms with Crippen LogP contribution in [-0.4, -0.2) is 35.3 Å². The standard InChI is InChI=1S/C28H23F2N3O7/c1-15-22(40-28(36)39-15)14-38-26-20(34)8-10-32-25(26)27(35)31(2)23-9-11-37-21-13-19(30)18(29)12-17(21)24(33(23)32)16-6-4-3-5-7-16/h3-8,10,12-13,23-24H,9,11,14H2,1-2H3. The first-order valence-electron chi connectivity index (χ1n) is 12.4. The SMILES string of the molecule is Cc1oc(=O)oc1COc1c2n(ccc1=O)N1C(c3ccccc3)c3cc(F)c(F)cc3OCCC1N(C)C2=O. The zero-order chi connectivity index (χ0) is 28.1. The minimum absolute atomic E-state index is 0.0680. The summed E-state index contributed by atoms with van der Waals surface area (Å²) in [7, 11) is 1.58. The number of hydrogen-bond acceptors (Lipinski definition) is 8. The number of hydrogen-bond donors (Lipinski definition) is 0. The molecule has 2 aliphatic heterocycles. The van der Waals surface area contributed by atoms with Gasteiger partial charge in [-0.25, -0.2) is 13.6 Å². The molecule has 40 heavy (non-hydrogen) atoms. The predicted molar refractivity (Wildman–Crippen MR) is 136 cm³/mol. The van der Waals surface area contributed by atoms with Gasteiger partial charge in [0.1, 0.15) is 24.6 Å². The highest BCUT2D eigenvalue weighted by atomic mass is 19.2. The van der Waals surface area contributed by atoms with E-state index < -0.39 is 41.0 Å². The van der Waals surface area contributed by atoms with E-state index in [1.165, 1.54) is 28.8 Å². The van der Waals surface area contributed by atoms with E-state index in [1.54, 1.807) is 7.05 Å². The molecule has 0 bridgehead atoms. The van der Waals surface area contributed by atoms with Crippen LogP contribution < -0.4 is 25.7 Å². The largest absolute Gasteiger partial charge is 0.519 e. The fraction of sp³-hybridized carbons (Fsp3) is 0.250. The molecule has 2 aromatic carbocycles. The molecule has 2 unspecified atom stereocenters. The Morgan fingerprint density at radius 1 is 1.02 bits per heavy atom. The van der Waals surface area contributed by atoms with Crippen molar-refractivity contribution in [1.29, 1.82) is 0 Å². The van der Waals surface area contributed by atoms with Gasteiger partial charge in [-0.1, -0.05) is 30.3 Å². The van der Waals surface area contributed by atoms with Crippen LogP contribution in [0.5, 0.6) is 11.5 Å². The molecular weight excluding hydrogens is 528 g/mol. The second-order valence-electron chi connectivity index (χ2n) is 9.46. The highest BCUT2D eigenvalue weighted by Gasteiger charge is 2.43. The molecule has 12 heteroatoms. The number of aryl methyl sites for hydroxylation is 1. The van der Waals surface area contributed by atoms with E-state index in [0.29, 0.717) is 17.5 Å². The summed E-state index contributed by atoms with van der Waals surface area (Å²) < 4.78 is 52.0. The molecule has 6 rings (SSSR count). The van der Waals surface area contributed by atoms with Gasteiger partial charge < -0.3 is 23.2 Å². The number of carbonyl (C=O) groups is 1. The molecule has 2 aliphatic rings. The lowest BCUT2D eigenvalue weighted by molar-refractivity contribution is 0.0569. The Morgan fingerprint density at radius 3 is 2.50 bits per heavy atom. The molecule has 0 radical (unpaired) electrons. The maximum absolute atomic E-state index is 14.7. The second kappa shape index (κ2) is 9.70. The number of pyridine rings is 1. The normalized spacial score (nSPS) is 18.2. The van der Waals surface area contributed by atoms with Crippen molar-refractivity contribution in [2.45, 2.75) is 32.2 Å². The Hall–Kier alpha value is -4.87. The van der Waals surface area contributed by atoms with Crippen LogP contribution >= 0.6 is 0 Å². The van der Waals surface area contributed by atoms with E-state index >= 15 is 0 Å². The number of fused-ring (bicyclic) bond motifs is 4. The van der Waals surface area contributed by atoms with Crippen LogP contribution in [0.1, 0.15) is 45.6 Å². The summed E-state index contributed by atoms with van der Waals surface area (Å²) >= 11 is 0. The van der Waals surface area contributed by atoms with Crippen LogP contribution in [0.15, 0.2) is 73.2 Å². The molecule has 0 fully saturated rings. The fourth-order valence-corrected chi connectivity index (χ4v) is 5.19. The van der Waals surface area contributed by atoms with Crippen molar-refractivity contribution in [1.82, 2.24) is 9.58 Å².